The molecule has 16 heavy (non-hydrogen) atoms. The first kappa shape index (κ1) is 11.2. The summed E-state index contributed by atoms with van der Waals surface area (Å²) in [4.78, 5) is 10.5. The van der Waals surface area contributed by atoms with E-state index in [4.69, 9.17) is 4.74 Å². The highest BCUT2D eigenvalue weighted by atomic mass is 16.6. The summed E-state index contributed by atoms with van der Waals surface area (Å²) in [7, 11) is 0. The summed E-state index contributed by atoms with van der Waals surface area (Å²) in [5, 5.41) is 10.8. The molecule has 4 nitrogen and oxygen atoms in total. The molecule has 0 aliphatic heterocycles. The number of rotatable bonds is 3. The van der Waals surface area contributed by atoms with Gasteiger partial charge in [0.2, 0.25) is 0 Å². The summed E-state index contributed by atoms with van der Waals surface area (Å²) in [6, 6.07) is 0. The van der Waals surface area contributed by atoms with Crippen LogP contribution >= 0.6 is 0 Å². The van der Waals surface area contributed by atoms with E-state index in [-0.39, 0.29) is 16.7 Å². The second kappa shape index (κ2) is 4.68. The number of ether oxygens (including phenoxy) is 1. The van der Waals surface area contributed by atoms with Crippen LogP contribution in [0.15, 0.2) is 23.6 Å². The summed E-state index contributed by atoms with van der Waals surface area (Å²) in [6.07, 6.45) is 8.46. The zero-order valence-corrected chi connectivity index (χ0v) is 9.52. The van der Waals surface area contributed by atoms with Crippen LogP contribution in [0.4, 0.5) is 0 Å². The molecular weight excluding hydrogens is 206 g/mol. The molecule has 0 spiro atoms. The number of nitrogens with zero attached hydrogens (tertiary/aromatic N) is 1. The second-order valence-electron chi connectivity index (χ2n) is 4.65. The molecule has 2 unspecified atom stereocenters. The minimum atomic E-state index is -0.344. The normalized spacial score (nSPS) is 29.6. The molecule has 2 rings (SSSR count). The lowest BCUT2D eigenvalue weighted by molar-refractivity contribution is -0.425. The van der Waals surface area contributed by atoms with Crippen molar-refractivity contribution in [1.82, 2.24) is 0 Å². The molecule has 0 saturated heterocycles. The van der Waals surface area contributed by atoms with Gasteiger partial charge in [-0.2, -0.15) is 0 Å². The van der Waals surface area contributed by atoms with Gasteiger partial charge in [0.25, 0.3) is 0 Å². The lowest BCUT2D eigenvalue weighted by Crippen LogP contribution is -2.14. The van der Waals surface area contributed by atoms with Gasteiger partial charge in [0, 0.05) is 0 Å². The second-order valence-corrected chi connectivity index (χ2v) is 4.65. The number of hydrogen-bond donors (Lipinski definition) is 0. The van der Waals surface area contributed by atoms with Crippen molar-refractivity contribution >= 4 is 0 Å². The molecule has 0 aromatic rings. The fourth-order valence-electron chi connectivity index (χ4n) is 2.35. The largest absolute Gasteiger partial charge is 0.484 e. The molecule has 2 aliphatic carbocycles. The number of allylic oxidation sites excluding steroid dienone is 2. The zero-order valence-electron chi connectivity index (χ0n) is 9.52. The van der Waals surface area contributed by atoms with Crippen LogP contribution in [-0.2, 0) is 4.74 Å². The van der Waals surface area contributed by atoms with E-state index in [1.165, 1.54) is 0 Å². The molecule has 2 aliphatic rings. The molecule has 88 valence electrons. The highest BCUT2D eigenvalue weighted by molar-refractivity contribution is 5.23. The monoisotopic (exact) mass is 223 g/mol. The predicted octanol–water partition coefficient (Wildman–Crippen LogP) is 3.03. The fourth-order valence-corrected chi connectivity index (χ4v) is 2.35. The van der Waals surface area contributed by atoms with Crippen LogP contribution in [0.3, 0.4) is 0 Å². The van der Waals surface area contributed by atoms with E-state index >= 15 is 0 Å². The molecular formula is C12H17NO3. The zero-order chi connectivity index (χ0) is 11.5. The first-order chi connectivity index (χ1) is 7.66. The van der Waals surface area contributed by atoms with Gasteiger partial charge in [0.1, 0.15) is 0 Å². The van der Waals surface area contributed by atoms with Crippen LogP contribution in [0.1, 0.15) is 39.0 Å². The van der Waals surface area contributed by atoms with E-state index in [1.54, 1.807) is 6.08 Å². The lowest BCUT2D eigenvalue weighted by atomic mass is 10.1. The Morgan fingerprint density at radius 3 is 2.75 bits per heavy atom. The Bertz CT molecular complexity index is 346. The van der Waals surface area contributed by atoms with E-state index in [0.29, 0.717) is 11.7 Å². The Hall–Kier alpha value is -1.32. The maximum atomic E-state index is 10.8. The topological polar surface area (TPSA) is 52.4 Å². The highest BCUT2D eigenvalue weighted by Crippen LogP contribution is 2.31. The van der Waals surface area contributed by atoms with E-state index < -0.39 is 0 Å². The van der Waals surface area contributed by atoms with E-state index in [2.05, 4.69) is 6.92 Å². The van der Waals surface area contributed by atoms with Gasteiger partial charge >= 0.3 is 5.70 Å². The molecule has 0 N–H and O–H groups in total. The predicted molar refractivity (Wildman–Crippen MR) is 60.3 cm³/mol. The van der Waals surface area contributed by atoms with Crippen LogP contribution in [0.5, 0.6) is 0 Å². The smallest absolute Gasteiger partial charge is 0.306 e. The maximum Gasteiger partial charge on any atom is 0.306 e. The Balaban J connectivity index is 2.00. The van der Waals surface area contributed by atoms with Crippen molar-refractivity contribution in [1.29, 1.82) is 0 Å². The Kier molecular flexibility index (Phi) is 3.27. The Labute approximate surface area is 95.1 Å². The minimum Gasteiger partial charge on any atom is -0.484 e. The van der Waals surface area contributed by atoms with Gasteiger partial charge in [-0.3, -0.25) is 10.1 Å². The number of nitro groups is 1. The number of hydrogen-bond acceptors (Lipinski definition) is 3. The Morgan fingerprint density at radius 2 is 2.12 bits per heavy atom. The van der Waals surface area contributed by atoms with Crippen molar-refractivity contribution in [2.24, 2.45) is 5.92 Å². The minimum absolute atomic E-state index is 0.144. The molecule has 2 atom stereocenters. The molecule has 0 aromatic heterocycles. The van der Waals surface area contributed by atoms with Crippen LogP contribution in [-0.4, -0.2) is 11.0 Å². The van der Waals surface area contributed by atoms with Crippen molar-refractivity contribution in [3.63, 3.8) is 0 Å². The van der Waals surface area contributed by atoms with E-state index in [1.807, 2.05) is 6.08 Å². The van der Waals surface area contributed by atoms with Gasteiger partial charge in [0.05, 0.1) is 11.0 Å². The average molecular weight is 223 g/mol. The molecule has 0 aromatic carbocycles. The van der Waals surface area contributed by atoms with Crippen LogP contribution in [0, 0.1) is 16.0 Å². The van der Waals surface area contributed by atoms with Gasteiger partial charge in [-0.05, 0) is 50.2 Å². The average Bonchev–Trinajstić information content (AvgIpc) is 2.64. The van der Waals surface area contributed by atoms with Gasteiger partial charge in [-0.25, -0.2) is 0 Å². The van der Waals surface area contributed by atoms with Crippen molar-refractivity contribution in [2.75, 3.05) is 0 Å². The van der Waals surface area contributed by atoms with Crippen molar-refractivity contribution < 1.29 is 9.66 Å². The third kappa shape index (κ3) is 2.43. The standard InChI is InChI=1S/C12H17NO3/c1-9-6-7-10(8-9)16-12-5-3-2-4-11(12)13(14)15/h4-5,9-10H,2-3,6-8H2,1H3. The molecule has 1 fully saturated rings. The molecule has 4 heteroatoms. The molecule has 0 heterocycles. The summed E-state index contributed by atoms with van der Waals surface area (Å²) in [5.41, 5.74) is 0.144. The molecule has 0 bridgehead atoms. The highest BCUT2D eigenvalue weighted by Gasteiger charge is 2.28. The molecule has 0 amide bonds. The lowest BCUT2D eigenvalue weighted by Gasteiger charge is -2.16. The van der Waals surface area contributed by atoms with Gasteiger partial charge in [0.15, 0.2) is 5.76 Å². The van der Waals surface area contributed by atoms with Crippen LogP contribution in [0.2, 0.25) is 0 Å². The summed E-state index contributed by atoms with van der Waals surface area (Å²) in [5.74, 6) is 1.16. The van der Waals surface area contributed by atoms with Crippen LogP contribution in [0.25, 0.3) is 0 Å². The maximum absolute atomic E-state index is 10.8. The molecule has 1 saturated carbocycles. The summed E-state index contributed by atoms with van der Waals surface area (Å²) < 4.78 is 5.75. The van der Waals surface area contributed by atoms with E-state index in [0.717, 1.165) is 32.1 Å². The summed E-state index contributed by atoms with van der Waals surface area (Å²) >= 11 is 0. The van der Waals surface area contributed by atoms with Gasteiger partial charge < -0.3 is 4.74 Å². The third-order valence-corrected chi connectivity index (χ3v) is 3.22. The van der Waals surface area contributed by atoms with Crippen molar-refractivity contribution in [3.8, 4) is 0 Å². The first-order valence-electron chi connectivity index (χ1n) is 5.88. The van der Waals surface area contributed by atoms with Crippen molar-refractivity contribution in [2.45, 2.75) is 45.1 Å². The molecule has 0 radical (unpaired) electrons. The van der Waals surface area contributed by atoms with E-state index in [9.17, 15) is 10.1 Å². The SMILES string of the molecule is CC1CCC(OC2=CCCC=C2[N+](=O)[O-])C1. The third-order valence-electron chi connectivity index (χ3n) is 3.22. The van der Waals surface area contributed by atoms with Gasteiger partial charge in [-0.15, -0.1) is 0 Å². The van der Waals surface area contributed by atoms with Crippen molar-refractivity contribution in [3.05, 3.63) is 33.7 Å². The fraction of sp³-hybridized carbons (Fsp3) is 0.667. The van der Waals surface area contributed by atoms with Crippen LogP contribution < -0.4 is 0 Å². The summed E-state index contributed by atoms with van der Waals surface area (Å²) in [6.45, 7) is 2.20. The van der Waals surface area contributed by atoms with Gasteiger partial charge in [-0.1, -0.05) is 6.92 Å². The first-order valence-corrected chi connectivity index (χ1v) is 5.88. The quantitative estimate of drug-likeness (QED) is 0.546. The Morgan fingerprint density at radius 1 is 1.38 bits per heavy atom.